The summed E-state index contributed by atoms with van der Waals surface area (Å²) in [5.41, 5.74) is 13.0. The number of hydrogen-bond donors (Lipinski definition) is 0. The molecule has 13 aromatic rings. The molecule has 63 heavy (non-hydrogen) atoms. The Morgan fingerprint density at radius 2 is 0.667 bits per heavy atom. The van der Waals surface area contributed by atoms with E-state index < -0.39 is 0 Å². The van der Waals surface area contributed by atoms with Crippen molar-refractivity contribution in [3.63, 3.8) is 0 Å². The topological polar surface area (TPSA) is 13.1 Å². The quantitative estimate of drug-likeness (QED) is 0.156. The van der Waals surface area contributed by atoms with Gasteiger partial charge in [0, 0.05) is 58.8 Å². The second-order valence-corrected chi connectivity index (χ2v) is 18.2. The molecule has 0 spiro atoms. The molecular formula is C58H37N3S2. The van der Waals surface area contributed by atoms with E-state index in [0.29, 0.717) is 0 Å². The van der Waals surface area contributed by atoms with Gasteiger partial charge in [-0.1, -0.05) is 152 Å². The van der Waals surface area contributed by atoms with Gasteiger partial charge in [0.15, 0.2) is 0 Å². The van der Waals surface area contributed by atoms with Crippen molar-refractivity contribution < 1.29 is 0 Å². The maximum Gasteiger partial charge on any atom is 0.0727 e. The average molecular weight is 840 g/mol. The van der Waals surface area contributed by atoms with Gasteiger partial charge in [-0.05, 0) is 83.9 Å². The van der Waals surface area contributed by atoms with E-state index in [-0.39, 0.29) is 0 Å². The smallest absolute Gasteiger partial charge is 0.0727 e. The van der Waals surface area contributed by atoms with Crippen LogP contribution in [0.4, 0.5) is 17.1 Å². The Balaban J connectivity index is 1.10. The third-order valence-electron chi connectivity index (χ3n) is 12.5. The molecule has 9 aromatic carbocycles. The Kier molecular flexibility index (Phi) is 8.26. The summed E-state index contributed by atoms with van der Waals surface area (Å²) in [6.07, 6.45) is 0. The molecule has 0 saturated heterocycles. The Bertz CT molecular complexity index is 3620. The first-order chi connectivity index (χ1) is 31.3. The van der Waals surface area contributed by atoms with Crippen molar-refractivity contribution >= 4 is 104 Å². The highest BCUT2D eigenvalue weighted by Crippen LogP contribution is 2.56. The molecular weight excluding hydrogens is 803 g/mol. The molecule has 0 aliphatic rings. The predicted octanol–water partition coefficient (Wildman–Crippen LogP) is 17.1. The number of anilines is 3. The molecule has 0 saturated carbocycles. The molecule has 0 bridgehead atoms. The maximum atomic E-state index is 2.57. The zero-order valence-corrected chi connectivity index (χ0v) is 35.7. The van der Waals surface area contributed by atoms with Crippen molar-refractivity contribution in [1.29, 1.82) is 0 Å². The molecule has 4 heterocycles. The molecule has 0 amide bonds. The first-order valence-electron chi connectivity index (χ1n) is 21.3. The van der Waals surface area contributed by atoms with Gasteiger partial charge in [0.05, 0.1) is 43.2 Å². The molecule has 5 heteroatoms. The van der Waals surface area contributed by atoms with E-state index in [1.807, 2.05) is 22.7 Å². The maximum absolute atomic E-state index is 2.57. The minimum atomic E-state index is 1.12. The van der Waals surface area contributed by atoms with E-state index in [1.54, 1.807) is 0 Å². The number of fused-ring (bicyclic) bond motifs is 8. The van der Waals surface area contributed by atoms with Gasteiger partial charge in [-0.2, -0.15) is 0 Å². The van der Waals surface area contributed by atoms with Gasteiger partial charge in [0.2, 0.25) is 0 Å². The second kappa shape index (κ2) is 14.5. The fourth-order valence-corrected chi connectivity index (χ4v) is 12.1. The number of thiophene rings is 2. The van der Waals surface area contributed by atoms with Gasteiger partial charge in [-0.3, -0.25) is 0 Å². The average Bonchev–Trinajstić information content (AvgIpc) is 4.11. The molecule has 0 fully saturated rings. The van der Waals surface area contributed by atoms with Gasteiger partial charge < -0.3 is 14.0 Å². The van der Waals surface area contributed by atoms with E-state index in [1.165, 1.54) is 96.0 Å². The third kappa shape index (κ3) is 5.64. The summed E-state index contributed by atoms with van der Waals surface area (Å²) in [5, 5.41) is 7.45. The molecule has 0 N–H and O–H groups in total. The van der Waals surface area contributed by atoms with Gasteiger partial charge in [-0.25, -0.2) is 0 Å². The van der Waals surface area contributed by atoms with Crippen LogP contribution in [0.15, 0.2) is 224 Å². The predicted molar refractivity (Wildman–Crippen MR) is 271 cm³/mol. The van der Waals surface area contributed by atoms with Crippen molar-refractivity contribution in [3.05, 3.63) is 224 Å². The lowest BCUT2D eigenvalue weighted by atomic mass is 10.0. The second-order valence-electron chi connectivity index (χ2n) is 16.1. The van der Waals surface area contributed by atoms with Gasteiger partial charge in [0.1, 0.15) is 0 Å². The van der Waals surface area contributed by atoms with Crippen molar-refractivity contribution in [3.8, 4) is 32.3 Å². The van der Waals surface area contributed by atoms with E-state index in [4.69, 9.17) is 0 Å². The van der Waals surface area contributed by atoms with Crippen LogP contribution >= 0.6 is 22.7 Å². The summed E-state index contributed by atoms with van der Waals surface area (Å²) in [4.78, 5) is 5.02. The fourth-order valence-electron chi connectivity index (χ4n) is 9.78. The Hall–Kier alpha value is -7.70. The third-order valence-corrected chi connectivity index (χ3v) is 14.9. The summed E-state index contributed by atoms with van der Waals surface area (Å²) in [7, 11) is 0. The van der Waals surface area contributed by atoms with Crippen molar-refractivity contribution in [1.82, 2.24) is 9.13 Å². The van der Waals surface area contributed by atoms with Crippen LogP contribution < -0.4 is 4.90 Å². The van der Waals surface area contributed by atoms with Crippen LogP contribution in [0.2, 0.25) is 0 Å². The molecule has 0 aliphatic carbocycles. The van der Waals surface area contributed by atoms with Crippen molar-refractivity contribution in [2.45, 2.75) is 0 Å². The van der Waals surface area contributed by atoms with Crippen LogP contribution in [0.5, 0.6) is 0 Å². The highest BCUT2D eigenvalue weighted by atomic mass is 32.1. The van der Waals surface area contributed by atoms with Crippen molar-refractivity contribution in [2.24, 2.45) is 0 Å². The van der Waals surface area contributed by atoms with Gasteiger partial charge >= 0.3 is 0 Å². The number of hydrogen-bond acceptors (Lipinski definition) is 3. The van der Waals surface area contributed by atoms with E-state index >= 15 is 0 Å². The summed E-state index contributed by atoms with van der Waals surface area (Å²) in [5.74, 6) is 0. The molecule has 0 aliphatic heterocycles. The molecule has 13 rings (SSSR count). The minimum Gasteiger partial charge on any atom is -0.309 e. The summed E-state index contributed by atoms with van der Waals surface area (Å²) >= 11 is 3.75. The monoisotopic (exact) mass is 839 g/mol. The number of nitrogens with zero attached hydrogens (tertiary/aromatic N) is 3. The summed E-state index contributed by atoms with van der Waals surface area (Å²) in [6.45, 7) is 0. The van der Waals surface area contributed by atoms with Gasteiger partial charge in [-0.15, -0.1) is 22.7 Å². The van der Waals surface area contributed by atoms with Crippen LogP contribution in [0.3, 0.4) is 0 Å². The lowest BCUT2D eigenvalue weighted by Gasteiger charge is -2.27. The molecule has 3 nitrogen and oxygen atoms in total. The summed E-state index contributed by atoms with van der Waals surface area (Å²) < 4.78 is 7.35. The lowest BCUT2D eigenvalue weighted by molar-refractivity contribution is 1.18. The first kappa shape index (κ1) is 36.0. The highest BCUT2D eigenvalue weighted by Gasteiger charge is 2.29. The molecule has 296 valence electrons. The lowest BCUT2D eigenvalue weighted by Crippen LogP contribution is -2.11. The van der Waals surface area contributed by atoms with E-state index in [0.717, 1.165) is 17.1 Å². The number of benzene rings is 9. The first-order valence-corrected chi connectivity index (χ1v) is 23.0. The van der Waals surface area contributed by atoms with Gasteiger partial charge in [0.25, 0.3) is 0 Å². The van der Waals surface area contributed by atoms with E-state index in [2.05, 4.69) is 238 Å². The minimum absolute atomic E-state index is 1.12. The number of aromatic nitrogens is 2. The zero-order chi connectivity index (χ0) is 41.4. The molecule has 4 aromatic heterocycles. The Labute approximate surface area is 372 Å². The van der Waals surface area contributed by atoms with Crippen LogP contribution in [0, 0.1) is 0 Å². The summed E-state index contributed by atoms with van der Waals surface area (Å²) in [6, 6.07) is 82.1. The van der Waals surface area contributed by atoms with Crippen LogP contribution in [0.1, 0.15) is 0 Å². The SMILES string of the molecule is c1ccc(N(c2c(-c3ccc4c5ccccc5n(-c5ccccc5)c4c3)sc3ccccc23)c2c(-c3ccc4c5ccccc5n(-c5ccccc5)c4c3)sc3ccccc23)cc1. The number of para-hydroxylation sites is 5. The standard InChI is InChI=1S/C58H37N3S2/c1-4-18-40(19-5-1)59-49-28-14-10-24-43(49)45-34-32-38(36-51(45)59)57-55(47-26-12-16-30-53(47)62-57)61(42-22-8-3-9-23-42)56-48-27-13-17-31-54(48)63-58(56)39-33-35-46-44-25-11-15-29-50(44)60(52(46)37-39)41-20-6-2-7-21-41/h1-37H. The van der Waals surface area contributed by atoms with Crippen LogP contribution in [0.25, 0.3) is 96.0 Å². The Morgan fingerprint density at radius 3 is 1.13 bits per heavy atom. The number of rotatable bonds is 7. The largest absolute Gasteiger partial charge is 0.309 e. The highest BCUT2D eigenvalue weighted by molar-refractivity contribution is 7.24. The van der Waals surface area contributed by atoms with E-state index in [9.17, 15) is 0 Å². The zero-order valence-electron chi connectivity index (χ0n) is 34.0. The van der Waals surface area contributed by atoms with Crippen molar-refractivity contribution in [2.75, 3.05) is 4.90 Å². The normalized spacial score (nSPS) is 11.8. The molecule has 0 atom stereocenters. The molecule has 0 radical (unpaired) electrons. The van der Waals surface area contributed by atoms with Crippen LogP contribution in [-0.4, -0.2) is 9.13 Å². The Morgan fingerprint density at radius 1 is 0.302 bits per heavy atom. The molecule has 0 unspecified atom stereocenters. The van der Waals surface area contributed by atoms with Crippen LogP contribution in [-0.2, 0) is 0 Å². The fraction of sp³-hybridized carbons (Fsp3) is 0.